The van der Waals surface area contributed by atoms with Crippen molar-refractivity contribution in [1.29, 1.82) is 0 Å². The van der Waals surface area contributed by atoms with Crippen LogP contribution in [0, 0.1) is 0 Å². The van der Waals surface area contributed by atoms with Crippen LogP contribution >= 0.6 is 8.58 Å². The fourth-order valence-electron chi connectivity index (χ4n) is 3.17. The molecule has 111 valence electrons. The Kier molecular flexibility index (Phi) is 8.32. The maximum atomic E-state index is 2.27. The minimum absolute atomic E-state index is 0.983. The molecule has 1 aliphatic carbocycles. The normalized spacial score (nSPS) is 20.0. The fourth-order valence-corrected chi connectivity index (χ4v) is 4.65. The van der Waals surface area contributed by atoms with Gasteiger partial charge in [-0.3, -0.25) is 0 Å². The first-order valence-electron chi connectivity index (χ1n) is 8.66. The van der Waals surface area contributed by atoms with E-state index in [-0.39, 0.29) is 0 Å². The van der Waals surface area contributed by atoms with Crippen molar-refractivity contribution in [2.24, 2.45) is 0 Å². The number of hydrogen-bond acceptors (Lipinski definition) is 0. The second-order valence-electron chi connectivity index (χ2n) is 6.20. The predicted octanol–water partition coefficient (Wildman–Crippen LogP) is 6.46. The Labute approximate surface area is 127 Å². The van der Waals surface area contributed by atoms with E-state index in [2.05, 4.69) is 30.3 Å². The lowest BCUT2D eigenvalue weighted by Crippen LogP contribution is -2.03. The van der Waals surface area contributed by atoms with Crippen molar-refractivity contribution in [2.75, 3.05) is 6.16 Å². The van der Waals surface area contributed by atoms with Gasteiger partial charge in [-0.15, -0.1) is 0 Å². The van der Waals surface area contributed by atoms with E-state index >= 15 is 0 Å². The summed E-state index contributed by atoms with van der Waals surface area (Å²) >= 11 is 0. The lowest BCUT2D eigenvalue weighted by atomic mass is 10.1. The van der Waals surface area contributed by atoms with Crippen LogP contribution in [0.15, 0.2) is 30.3 Å². The van der Waals surface area contributed by atoms with Crippen LogP contribution in [0.2, 0.25) is 0 Å². The first kappa shape index (κ1) is 16.0. The average molecular weight is 289 g/mol. The highest BCUT2D eigenvalue weighted by molar-refractivity contribution is 7.38. The molecule has 0 atom stereocenters. The van der Waals surface area contributed by atoms with Gasteiger partial charge >= 0.3 is 0 Å². The minimum Gasteiger partial charge on any atom is -0.0772 e. The van der Waals surface area contributed by atoms with E-state index in [1.807, 2.05) is 0 Å². The number of benzene rings is 1. The molecule has 0 amide bonds. The molecule has 0 N–H and O–H groups in total. The second-order valence-corrected chi connectivity index (χ2v) is 7.74. The van der Waals surface area contributed by atoms with Crippen molar-refractivity contribution >= 4 is 8.58 Å². The lowest BCUT2D eigenvalue weighted by Gasteiger charge is -2.16. The Bertz CT molecular complexity index is 321. The summed E-state index contributed by atoms with van der Waals surface area (Å²) < 4.78 is 0. The molecule has 0 aromatic heterocycles. The molecule has 0 unspecified atom stereocenters. The largest absolute Gasteiger partial charge is 0.0772 e. The van der Waals surface area contributed by atoms with Gasteiger partial charge in [0.2, 0.25) is 0 Å². The summed E-state index contributed by atoms with van der Waals surface area (Å²) in [5.74, 6) is 0. The summed E-state index contributed by atoms with van der Waals surface area (Å²) in [7, 11) is 1.71. The molecule has 1 heteroatoms. The minimum atomic E-state index is 0.983. The SMILES string of the molecule is c1ccc(CC[P]C2CCCCCCCCCC2)cc1. The van der Waals surface area contributed by atoms with Gasteiger partial charge in [0.15, 0.2) is 0 Å². The van der Waals surface area contributed by atoms with E-state index in [1.165, 1.54) is 82.4 Å². The van der Waals surface area contributed by atoms with Crippen LogP contribution in [0.1, 0.15) is 69.8 Å². The van der Waals surface area contributed by atoms with Gasteiger partial charge in [0.1, 0.15) is 0 Å². The van der Waals surface area contributed by atoms with Gasteiger partial charge in [-0.1, -0.05) is 90.3 Å². The first-order valence-corrected chi connectivity index (χ1v) is 9.80. The molecule has 1 aromatic carbocycles. The summed E-state index contributed by atoms with van der Waals surface area (Å²) in [5.41, 5.74) is 2.49. The predicted molar refractivity (Wildman–Crippen MR) is 91.9 cm³/mol. The number of aryl methyl sites for hydroxylation is 1. The highest BCUT2D eigenvalue weighted by Gasteiger charge is 2.10. The Morgan fingerprint density at radius 2 is 1.30 bits per heavy atom. The summed E-state index contributed by atoms with van der Waals surface area (Å²) in [5, 5.41) is 0. The molecule has 0 bridgehead atoms. The molecular formula is C19H30P. The fraction of sp³-hybridized carbons (Fsp3) is 0.684. The van der Waals surface area contributed by atoms with Gasteiger partial charge in [0.25, 0.3) is 0 Å². The first-order chi connectivity index (χ1) is 9.95. The maximum absolute atomic E-state index is 2.27. The molecule has 0 aliphatic heterocycles. The van der Waals surface area contributed by atoms with Gasteiger partial charge in [-0.2, -0.15) is 0 Å². The smallest absolute Gasteiger partial charge is 0.0170 e. The van der Waals surface area contributed by atoms with E-state index < -0.39 is 0 Å². The van der Waals surface area contributed by atoms with E-state index in [9.17, 15) is 0 Å². The summed E-state index contributed by atoms with van der Waals surface area (Å²) in [6, 6.07) is 11.0. The van der Waals surface area contributed by atoms with Gasteiger partial charge in [0, 0.05) is 0 Å². The highest BCUT2D eigenvalue weighted by Crippen LogP contribution is 2.30. The Morgan fingerprint density at radius 3 is 1.90 bits per heavy atom. The molecule has 1 aliphatic rings. The second kappa shape index (κ2) is 10.4. The van der Waals surface area contributed by atoms with Gasteiger partial charge < -0.3 is 0 Å². The van der Waals surface area contributed by atoms with Crippen molar-refractivity contribution in [2.45, 2.75) is 76.3 Å². The van der Waals surface area contributed by atoms with E-state index in [1.54, 1.807) is 8.58 Å². The standard InChI is InChI=1S/C19H30P/c1-2-4-6-11-15-19(14-10-5-3-1)20-17-16-18-12-8-7-9-13-18/h7-9,12-13,19H,1-6,10-11,14-17H2. The molecule has 1 saturated carbocycles. The lowest BCUT2D eigenvalue weighted by molar-refractivity contribution is 0.585. The summed E-state index contributed by atoms with van der Waals surface area (Å²) in [4.78, 5) is 0. The third-order valence-corrected chi connectivity index (χ3v) is 5.97. The van der Waals surface area contributed by atoms with E-state index in [0.717, 1.165) is 5.66 Å². The highest BCUT2D eigenvalue weighted by atomic mass is 31.1. The van der Waals surface area contributed by atoms with Gasteiger partial charge in [0.05, 0.1) is 0 Å². The molecule has 2 rings (SSSR count). The molecule has 1 radical (unpaired) electrons. The van der Waals surface area contributed by atoms with Crippen LogP contribution in [-0.2, 0) is 6.42 Å². The van der Waals surface area contributed by atoms with Crippen LogP contribution < -0.4 is 0 Å². The van der Waals surface area contributed by atoms with Crippen molar-refractivity contribution in [3.05, 3.63) is 35.9 Å². The summed E-state index contributed by atoms with van der Waals surface area (Å²) in [6.45, 7) is 0. The Morgan fingerprint density at radius 1 is 0.750 bits per heavy atom. The Hall–Kier alpha value is -0.350. The quantitative estimate of drug-likeness (QED) is 0.558. The van der Waals surface area contributed by atoms with Crippen molar-refractivity contribution < 1.29 is 0 Å². The summed E-state index contributed by atoms with van der Waals surface area (Å²) in [6.07, 6.45) is 17.4. The Balaban J connectivity index is 1.68. The monoisotopic (exact) mass is 289 g/mol. The van der Waals surface area contributed by atoms with Crippen LogP contribution in [0.3, 0.4) is 0 Å². The van der Waals surface area contributed by atoms with Gasteiger partial charge in [-0.25, -0.2) is 0 Å². The topological polar surface area (TPSA) is 0 Å². The van der Waals surface area contributed by atoms with E-state index in [0.29, 0.717) is 0 Å². The van der Waals surface area contributed by atoms with Crippen LogP contribution in [0.25, 0.3) is 0 Å². The molecule has 0 nitrogen and oxygen atoms in total. The van der Waals surface area contributed by atoms with Crippen LogP contribution in [0.5, 0.6) is 0 Å². The molecule has 1 aromatic rings. The zero-order valence-electron chi connectivity index (χ0n) is 12.9. The van der Waals surface area contributed by atoms with Crippen LogP contribution in [0.4, 0.5) is 0 Å². The molecule has 0 saturated heterocycles. The van der Waals surface area contributed by atoms with Gasteiger partial charge in [-0.05, 0) is 36.6 Å². The molecule has 20 heavy (non-hydrogen) atoms. The maximum Gasteiger partial charge on any atom is -0.0170 e. The average Bonchev–Trinajstić information content (AvgIpc) is 2.54. The number of rotatable bonds is 4. The van der Waals surface area contributed by atoms with E-state index in [4.69, 9.17) is 0 Å². The molecular weight excluding hydrogens is 259 g/mol. The molecule has 0 heterocycles. The van der Waals surface area contributed by atoms with Crippen LogP contribution in [-0.4, -0.2) is 11.8 Å². The number of hydrogen-bond donors (Lipinski definition) is 0. The van der Waals surface area contributed by atoms with Crippen molar-refractivity contribution in [1.82, 2.24) is 0 Å². The molecule has 1 fully saturated rings. The van der Waals surface area contributed by atoms with Crippen molar-refractivity contribution in [3.8, 4) is 0 Å². The zero-order chi connectivity index (χ0) is 13.9. The van der Waals surface area contributed by atoms with Crippen molar-refractivity contribution in [3.63, 3.8) is 0 Å². The third-order valence-electron chi connectivity index (χ3n) is 4.46. The molecule has 0 spiro atoms. The third kappa shape index (κ3) is 6.89. The zero-order valence-corrected chi connectivity index (χ0v) is 13.8.